The zero-order chi connectivity index (χ0) is 11.5. The summed E-state index contributed by atoms with van der Waals surface area (Å²) in [6.07, 6.45) is 1.55. The summed E-state index contributed by atoms with van der Waals surface area (Å²) in [5.41, 5.74) is 2.47. The molecule has 0 aliphatic carbocycles. The molecule has 0 bridgehead atoms. The molecule has 6 heteroatoms. The number of non-ortho nitro benzene ring substituents is 1. The maximum atomic E-state index is 10.5. The number of halogens is 1. The molecule has 0 N–H and O–H groups in total. The summed E-state index contributed by atoms with van der Waals surface area (Å²) < 4.78 is 4.85. The lowest BCUT2D eigenvalue weighted by atomic mass is 10.1. The molecule has 0 fully saturated rings. The van der Waals surface area contributed by atoms with E-state index in [9.17, 15) is 10.1 Å². The molecule has 0 spiro atoms. The fourth-order valence-corrected chi connectivity index (χ4v) is 1.73. The van der Waals surface area contributed by atoms with Crippen LogP contribution in [0.5, 0.6) is 0 Å². The van der Waals surface area contributed by atoms with Gasteiger partial charge in [-0.15, -0.1) is 0 Å². The van der Waals surface area contributed by atoms with Crippen LogP contribution in [0.1, 0.15) is 5.56 Å². The second kappa shape index (κ2) is 4.44. The van der Waals surface area contributed by atoms with Crippen molar-refractivity contribution in [1.82, 2.24) is 5.16 Å². The smallest absolute Gasteiger partial charge is 0.269 e. The molecular formula is C10H7BrN2O3. The Hall–Kier alpha value is -1.69. The number of nitro benzene ring substituents is 1. The number of aromatic nitrogens is 1. The Morgan fingerprint density at radius 2 is 2.06 bits per heavy atom. The average Bonchev–Trinajstić information content (AvgIpc) is 2.77. The number of rotatable bonds is 3. The van der Waals surface area contributed by atoms with Gasteiger partial charge in [0.15, 0.2) is 0 Å². The van der Waals surface area contributed by atoms with Gasteiger partial charge in [0, 0.05) is 28.6 Å². The van der Waals surface area contributed by atoms with Crippen molar-refractivity contribution in [2.75, 3.05) is 0 Å². The Morgan fingerprint density at radius 1 is 1.38 bits per heavy atom. The fourth-order valence-electron chi connectivity index (χ4n) is 1.33. The molecule has 5 nitrogen and oxygen atoms in total. The topological polar surface area (TPSA) is 69.2 Å². The molecule has 0 atom stereocenters. The van der Waals surface area contributed by atoms with Crippen LogP contribution in [0.25, 0.3) is 11.3 Å². The number of nitrogens with zero attached hydrogens (tertiary/aromatic N) is 2. The molecule has 0 aliphatic rings. The van der Waals surface area contributed by atoms with E-state index in [1.54, 1.807) is 18.4 Å². The first-order chi connectivity index (χ1) is 7.72. The van der Waals surface area contributed by atoms with Gasteiger partial charge in [0.05, 0.1) is 4.92 Å². The predicted molar refractivity (Wildman–Crippen MR) is 61.2 cm³/mol. The third-order valence-corrected chi connectivity index (χ3v) is 2.74. The lowest BCUT2D eigenvalue weighted by molar-refractivity contribution is -0.384. The average molecular weight is 283 g/mol. The minimum Gasteiger partial charge on any atom is -0.364 e. The van der Waals surface area contributed by atoms with Gasteiger partial charge in [0.25, 0.3) is 5.69 Å². The number of hydrogen-bond acceptors (Lipinski definition) is 4. The Bertz CT molecular complexity index is 507. The summed E-state index contributed by atoms with van der Waals surface area (Å²) in [6, 6.07) is 6.20. The lowest BCUT2D eigenvalue weighted by Gasteiger charge is -1.97. The summed E-state index contributed by atoms with van der Waals surface area (Å²) >= 11 is 3.31. The second-order valence-corrected chi connectivity index (χ2v) is 3.69. The first-order valence-corrected chi connectivity index (χ1v) is 5.58. The zero-order valence-corrected chi connectivity index (χ0v) is 9.68. The summed E-state index contributed by atoms with van der Waals surface area (Å²) in [4.78, 5) is 10.1. The second-order valence-electron chi connectivity index (χ2n) is 3.13. The van der Waals surface area contributed by atoms with Crippen LogP contribution in [-0.2, 0) is 5.33 Å². The molecule has 2 rings (SSSR count). The molecule has 1 heterocycles. The predicted octanol–water partition coefficient (Wildman–Crippen LogP) is 3.14. The summed E-state index contributed by atoms with van der Waals surface area (Å²) in [5, 5.41) is 15.0. The Morgan fingerprint density at radius 3 is 2.62 bits per heavy atom. The molecule has 0 amide bonds. The molecule has 2 aromatic rings. The highest BCUT2D eigenvalue weighted by Crippen LogP contribution is 2.25. The molecule has 0 aliphatic heterocycles. The number of benzene rings is 1. The van der Waals surface area contributed by atoms with E-state index >= 15 is 0 Å². The fraction of sp³-hybridized carbons (Fsp3) is 0.100. The zero-order valence-electron chi connectivity index (χ0n) is 8.09. The van der Waals surface area contributed by atoms with Gasteiger partial charge in [-0.05, 0) is 12.1 Å². The van der Waals surface area contributed by atoms with Crippen molar-refractivity contribution in [3.63, 3.8) is 0 Å². The number of hydrogen-bond donors (Lipinski definition) is 0. The Labute approximate surface area is 99.3 Å². The van der Waals surface area contributed by atoms with Gasteiger partial charge in [0.2, 0.25) is 0 Å². The largest absolute Gasteiger partial charge is 0.364 e. The van der Waals surface area contributed by atoms with Crippen molar-refractivity contribution in [2.24, 2.45) is 0 Å². The van der Waals surface area contributed by atoms with E-state index in [1.165, 1.54) is 12.1 Å². The first kappa shape index (κ1) is 10.8. The highest BCUT2D eigenvalue weighted by molar-refractivity contribution is 9.08. The highest BCUT2D eigenvalue weighted by atomic mass is 79.9. The third kappa shape index (κ3) is 1.96. The molecule has 16 heavy (non-hydrogen) atoms. The summed E-state index contributed by atoms with van der Waals surface area (Å²) in [6.45, 7) is 0. The van der Waals surface area contributed by atoms with Crippen LogP contribution in [0.15, 0.2) is 35.1 Å². The lowest BCUT2D eigenvalue weighted by Crippen LogP contribution is -1.88. The van der Waals surface area contributed by atoms with Crippen LogP contribution in [-0.4, -0.2) is 10.1 Å². The van der Waals surface area contributed by atoms with Crippen molar-refractivity contribution < 1.29 is 9.45 Å². The highest BCUT2D eigenvalue weighted by Gasteiger charge is 2.11. The van der Waals surface area contributed by atoms with Crippen LogP contribution in [0.4, 0.5) is 5.69 Å². The maximum absolute atomic E-state index is 10.5. The van der Waals surface area contributed by atoms with E-state index < -0.39 is 4.92 Å². The number of nitro groups is 1. The third-order valence-electron chi connectivity index (χ3n) is 2.14. The molecule has 1 aromatic heterocycles. The summed E-state index contributed by atoms with van der Waals surface area (Å²) in [5.74, 6) is 0. The molecule has 82 valence electrons. The van der Waals surface area contributed by atoms with Gasteiger partial charge in [-0.25, -0.2) is 0 Å². The monoisotopic (exact) mass is 282 g/mol. The first-order valence-electron chi connectivity index (χ1n) is 4.46. The van der Waals surface area contributed by atoms with Crippen molar-refractivity contribution >= 4 is 21.6 Å². The van der Waals surface area contributed by atoms with Crippen LogP contribution in [0.3, 0.4) is 0 Å². The van der Waals surface area contributed by atoms with Crippen LogP contribution in [0.2, 0.25) is 0 Å². The SMILES string of the molecule is O=[N+]([O-])c1ccc(-c2nocc2CBr)cc1. The van der Waals surface area contributed by atoms with Crippen molar-refractivity contribution in [1.29, 1.82) is 0 Å². The Balaban J connectivity index is 2.38. The van der Waals surface area contributed by atoms with Crippen LogP contribution >= 0.6 is 15.9 Å². The van der Waals surface area contributed by atoms with Gasteiger partial charge in [-0.1, -0.05) is 21.1 Å². The summed E-state index contributed by atoms with van der Waals surface area (Å²) in [7, 11) is 0. The normalized spacial score (nSPS) is 10.3. The van der Waals surface area contributed by atoms with Gasteiger partial charge in [-0.2, -0.15) is 0 Å². The maximum Gasteiger partial charge on any atom is 0.269 e. The van der Waals surface area contributed by atoms with Gasteiger partial charge < -0.3 is 4.52 Å². The molecule has 0 unspecified atom stereocenters. The van der Waals surface area contributed by atoms with Crippen LogP contribution in [0, 0.1) is 10.1 Å². The van der Waals surface area contributed by atoms with Gasteiger partial charge >= 0.3 is 0 Å². The number of alkyl halides is 1. The molecule has 1 aromatic carbocycles. The standard InChI is InChI=1S/C10H7BrN2O3/c11-5-8-6-16-12-10(8)7-1-3-9(4-2-7)13(14)15/h1-4,6H,5H2. The minimum absolute atomic E-state index is 0.0626. The van der Waals surface area contributed by atoms with Crippen molar-refractivity contribution in [3.05, 3.63) is 46.2 Å². The van der Waals surface area contributed by atoms with Crippen molar-refractivity contribution in [3.8, 4) is 11.3 Å². The molecule has 0 radical (unpaired) electrons. The van der Waals surface area contributed by atoms with Crippen LogP contribution < -0.4 is 0 Å². The molecule has 0 saturated heterocycles. The van der Waals surface area contributed by atoms with E-state index in [1.807, 2.05) is 0 Å². The van der Waals surface area contributed by atoms with Crippen molar-refractivity contribution in [2.45, 2.75) is 5.33 Å². The Kier molecular flexibility index (Phi) is 3.00. The van der Waals surface area contributed by atoms with Gasteiger partial charge in [0.1, 0.15) is 12.0 Å². The van der Waals surface area contributed by atoms with E-state index in [0.717, 1.165) is 11.1 Å². The van der Waals surface area contributed by atoms with E-state index in [0.29, 0.717) is 11.0 Å². The quantitative estimate of drug-likeness (QED) is 0.493. The van der Waals surface area contributed by atoms with E-state index in [4.69, 9.17) is 4.52 Å². The van der Waals surface area contributed by atoms with Gasteiger partial charge in [-0.3, -0.25) is 10.1 Å². The molecular weight excluding hydrogens is 276 g/mol. The van der Waals surface area contributed by atoms with E-state index in [-0.39, 0.29) is 5.69 Å². The minimum atomic E-state index is -0.433. The molecule has 0 saturated carbocycles. The van der Waals surface area contributed by atoms with E-state index in [2.05, 4.69) is 21.1 Å².